The molecule has 7 heteroatoms. The van der Waals surface area contributed by atoms with Crippen LogP contribution in [0.5, 0.6) is 5.88 Å². The van der Waals surface area contributed by atoms with E-state index in [0.717, 1.165) is 25.9 Å². The van der Waals surface area contributed by atoms with Crippen molar-refractivity contribution in [3.05, 3.63) is 11.8 Å². The molecule has 1 aliphatic rings. The minimum atomic E-state index is -0.245. The maximum Gasteiger partial charge on any atom is 0.271 e. The molecule has 0 aliphatic carbocycles. The van der Waals surface area contributed by atoms with Gasteiger partial charge in [-0.1, -0.05) is 0 Å². The van der Waals surface area contributed by atoms with Crippen molar-refractivity contribution in [2.24, 2.45) is 7.05 Å². The molecule has 1 N–H and O–H groups in total. The quantitative estimate of drug-likeness (QED) is 0.861. The zero-order valence-corrected chi connectivity index (χ0v) is 12.6. The molecule has 21 heavy (non-hydrogen) atoms. The normalized spacial score (nSPS) is 14.9. The Balaban J connectivity index is 1.90. The summed E-state index contributed by atoms with van der Waals surface area (Å²) in [5.41, 5.74) is 0.291. The molecule has 0 atom stereocenters. The van der Waals surface area contributed by atoms with Crippen LogP contribution in [0.15, 0.2) is 6.07 Å². The van der Waals surface area contributed by atoms with Gasteiger partial charge >= 0.3 is 0 Å². The molecule has 0 aromatic carbocycles. The zero-order chi connectivity index (χ0) is 15.2. The van der Waals surface area contributed by atoms with E-state index < -0.39 is 0 Å². The Morgan fingerprint density at radius 1 is 1.33 bits per heavy atom. The molecule has 1 aromatic rings. The number of amides is 2. The number of piperidine rings is 1. The molecule has 0 bridgehead atoms. The molecule has 1 aliphatic heterocycles. The van der Waals surface area contributed by atoms with Crippen molar-refractivity contribution >= 4 is 11.8 Å². The third kappa shape index (κ3) is 3.96. The minimum Gasteiger partial charge on any atom is -0.468 e. The number of rotatable bonds is 5. The largest absolute Gasteiger partial charge is 0.468 e. The van der Waals surface area contributed by atoms with Gasteiger partial charge in [0.05, 0.1) is 0 Å². The number of nitrogens with zero attached hydrogens (tertiary/aromatic N) is 3. The topological polar surface area (TPSA) is 76.5 Å². The van der Waals surface area contributed by atoms with E-state index in [1.54, 1.807) is 13.1 Å². The predicted molar refractivity (Wildman–Crippen MR) is 77.1 cm³/mol. The van der Waals surface area contributed by atoms with E-state index in [-0.39, 0.29) is 18.4 Å². The number of carbonyl (C=O) groups is 2. The highest BCUT2D eigenvalue weighted by atomic mass is 16.5. The summed E-state index contributed by atoms with van der Waals surface area (Å²) in [6, 6.07) is 1.55. The summed E-state index contributed by atoms with van der Waals surface area (Å²) in [7, 11) is 1.68. The van der Waals surface area contributed by atoms with Gasteiger partial charge in [-0.2, -0.15) is 5.10 Å². The van der Waals surface area contributed by atoms with Crippen molar-refractivity contribution in [3.8, 4) is 5.88 Å². The van der Waals surface area contributed by atoms with Crippen LogP contribution >= 0.6 is 0 Å². The molecule has 2 heterocycles. The lowest BCUT2D eigenvalue weighted by atomic mass is 10.1. The van der Waals surface area contributed by atoms with E-state index in [4.69, 9.17) is 4.74 Å². The summed E-state index contributed by atoms with van der Waals surface area (Å²) >= 11 is 0. The smallest absolute Gasteiger partial charge is 0.271 e. The molecule has 1 aromatic heterocycles. The van der Waals surface area contributed by atoms with E-state index in [1.165, 1.54) is 11.1 Å². The average molecular weight is 294 g/mol. The van der Waals surface area contributed by atoms with Crippen molar-refractivity contribution in [1.29, 1.82) is 0 Å². The standard InChI is InChI=1S/C14H22N4O3/c1-3-15-14(20)11-9-13(17(2)16-11)21-10-12(19)18-7-5-4-6-8-18/h9H,3-8,10H2,1-2H3,(H,15,20). The van der Waals surface area contributed by atoms with Crippen LogP contribution in [-0.2, 0) is 11.8 Å². The van der Waals surface area contributed by atoms with E-state index in [0.29, 0.717) is 18.1 Å². The Morgan fingerprint density at radius 3 is 2.71 bits per heavy atom. The molecule has 0 saturated carbocycles. The van der Waals surface area contributed by atoms with Gasteiger partial charge in [0.15, 0.2) is 12.3 Å². The second-order valence-corrected chi connectivity index (χ2v) is 5.08. The maximum atomic E-state index is 12.0. The van der Waals surface area contributed by atoms with Crippen molar-refractivity contribution in [3.63, 3.8) is 0 Å². The van der Waals surface area contributed by atoms with E-state index in [9.17, 15) is 9.59 Å². The predicted octanol–water partition coefficient (Wildman–Crippen LogP) is 0.561. The number of aryl methyl sites for hydroxylation is 1. The first-order valence-electron chi connectivity index (χ1n) is 7.34. The summed E-state index contributed by atoms with van der Waals surface area (Å²) in [6.45, 7) is 3.97. The highest BCUT2D eigenvalue weighted by molar-refractivity contribution is 5.92. The number of aromatic nitrogens is 2. The van der Waals surface area contributed by atoms with Crippen LogP contribution in [0.1, 0.15) is 36.7 Å². The first-order chi connectivity index (χ1) is 10.1. The minimum absolute atomic E-state index is 0.0181. The first-order valence-corrected chi connectivity index (χ1v) is 7.34. The lowest BCUT2D eigenvalue weighted by molar-refractivity contribution is -0.134. The summed E-state index contributed by atoms with van der Waals surface area (Å²) in [4.78, 5) is 25.5. The lowest BCUT2D eigenvalue weighted by Gasteiger charge is -2.26. The third-order valence-corrected chi connectivity index (χ3v) is 3.46. The Kier molecular flexibility index (Phi) is 5.19. The van der Waals surface area contributed by atoms with E-state index >= 15 is 0 Å². The van der Waals surface area contributed by atoms with E-state index in [2.05, 4.69) is 10.4 Å². The first kappa shape index (κ1) is 15.3. The Bertz CT molecular complexity index is 506. The fourth-order valence-electron chi connectivity index (χ4n) is 2.32. The lowest BCUT2D eigenvalue weighted by Crippen LogP contribution is -2.38. The van der Waals surface area contributed by atoms with Gasteiger partial charge in [0.2, 0.25) is 5.88 Å². The third-order valence-electron chi connectivity index (χ3n) is 3.46. The van der Waals surface area contributed by atoms with Gasteiger partial charge in [0, 0.05) is 32.7 Å². The van der Waals surface area contributed by atoms with Gasteiger partial charge in [-0.15, -0.1) is 0 Å². The Labute approximate surface area is 124 Å². The van der Waals surface area contributed by atoms with Gasteiger partial charge in [-0.05, 0) is 26.2 Å². The number of ether oxygens (including phenoxy) is 1. The number of nitrogens with one attached hydrogen (secondary N) is 1. The van der Waals surface area contributed by atoms with Crippen LogP contribution in [0.3, 0.4) is 0 Å². The Morgan fingerprint density at radius 2 is 2.05 bits per heavy atom. The highest BCUT2D eigenvalue weighted by Gasteiger charge is 2.18. The van der Waals surface area contributed by atoms with Crippen molar-refractivity contribution in [2.75, 3.05) is 26.2 Å². The summed E-state index contributed by atoms with van der Waals surface area (Å²) in [5, 5.41) is 6.75. The molecule has 1 fully saturated rings. The summed E-state index contributed by atoms with van der Waals surface area (Å²) < 4.78 is 6.96. The number of hydrogen-bond acceptors (Lipinski definition) is 4. The molecule has 1 saturated heterocycles. The van der Waals surface area contributed by atoms with Crippen LogP contribution in [0.4, 0.5) is 0 Å². The average Bonchev–Trinajstić information content (AvgIpc) is 2.87. The molecular formula is C14H22N4O3. The molecule has 2 rings (SSSR count). The van der Waals surface area contributed by atoms with Crippen LogP contribution in [0, 0.1) is 0 Å². The monoisotopic (exact) mass is 294 g/mol. The van der Waals surface area contributed by atoms with Crippen LogP contribution in [-0.4, -0.2) is 52.7 Å². The second-order valence-electron chi connectivity index (χ2n) is 5.08. The number of carbonyl (C=O) groups excluding carboxylic acids is 2. The van der Waals surface area contributed by atoms with Crippen molar-refractivity contribution in [2.45, 2.75) is 26.2 Å². The Hall–Kier alpha value is -2.05. The van der Waals surface area contributed by atoms with Gasteiger partial charge in [0.1, 0.15) is 0 Å². The zero-order valence-electron chi connectivity index (χ0n) is 12.6. The number of hydrogen-bond donors (Lipinski definition) is 1. The SMILES string of the molecule is CCNC(=O)c1cc(OCC(=O)N2CCCCC2)n(C)n1. The fraction of sp³-hybridized carbons (Fsp3) is 0.643. The van der Waals surface area contributed by atoms with Crippen LogP contribution < -0.4 is 10.1 Å². The van der Waals surface area contributed by atoms with Gasteiger partial charge in [-0.3, -0.25) is 9.59 Å². The molecule has 0 spiro atoms. The second kappa shape index (κ2) is 7.10. The maximum absolute atomic E-state index is 12.0. The molecule has 7 nitrogen and oxygen atoms in total. The molecule has 0 unspecified atom stereocenters. The fourth-order valence-corrected chi connectivity index (χ4v) is 2.32. The van der Waals surface area contributed by atoms with Crippen molar-refractivity contribution < 1.29 is 14.3 Å². The van der Waals surface area contributed by atoms with Gasteiger partial charge in [0.25, 0.3) is 11.8 Å². The van der Waals surface area contributed by atoms with Crippen LogP contribution in [0.25, 0.3) is 0 Å². The van der Waals surface area contributed by atoms with Gasteiger partial charge in [-0.25, -0.2) is 4.68 Å². The molecule has 0 radical (unpaired) electrons. The van der Waals surface area contributed by atoms with E-state index in [1.807, 2.05) is 11.8 Å². The molecule has 116 valence electrons. The highest BCUT2D eigenvalue weighted by Crippen LogP contribution is 2.13. The molecule has 2 amide bonds. The van der Waals surface area contributed by atoms with Crippen molar-refractivity contribution in [1.82, 2.24) is 20.0 Å². The molecular weight excluding hydrogens is 272 g/mol. The van der Waals surface area contributed by atoms with Crippen LogP contribution in [0.2, 0.25) is 0 Å². The summed E-state index contributed by atoms with van der Waals surface area (Å²) in [5.74, 6) is 0.155. The summed E-state index contributed by atoms with van der Waals surface area (Å²) in [6.07, 6.45) is 3.29. The number of likely N-dealkylation sites (tertiary alicyclic amines) is 1. The van der Waals surface area contributed by atoms with Gasteiger partial charge < -0.3 is 15.0 Å².